The fourth-order valence-corrected chi connectivity index (χ4v) is 2.11. The molecule has 78 valence electrons. The average molecular weight is 203 g/mol. The van der Waals surface area contributed by atoms with Gasteiger partial charge in [-0.25, -0.2) is 0 Å². The lowest BCUT2D eigenvalue weighted by atomic mass is 10.2. The van der Waals surface area contributed by atoms with E-state index < -0.39 is 0 Å². The summed E-state index contributed by atoms with van der Waals surface area (Å²) in [5.74, 6) is 0.609. The van der Waals surface area contributed by atoms with Gasteiger partial charge in [-0.3, -0.25) is 4.68 Å². The number of rotatable bonds is 1. The van der Waals surface area contributed by atoms with Crippen LogP contribution in [-0.2, 0) is 4.74 Å². The van der Waals surface area contributed by atoms with Crippen molar-refractivity contribution in [1.82, 2.24) is 9.78 Å². The molecule has 1 fully saturated rings. The number of benzene rings is 1. The van der Waals surface area contributed by atoms with Crippen LogP contribution in [0.1, 0.15) is 12.5 Å². The van der Waals surface area contributed by atoms with E-state index in [1.165, 1.54) is 0 Å². The molecule has 0 radical (unpaired) electrons. The van der Waals surface area contributed by atoms with Gasteiger partial charge in [-0.15, -0.1) is 0 Å². The van der Waals surface area contributed by atoms with E-state index in [2.05, 4.69) is 11.2 Å². The molecular weight excluding hydrogens is 190 g/mol. The van der Waals surface area contributed by atoms with E-state index in [1.807, 2.05) is 22.9 Å². The third kappa shape index (κ3) is 1.29. The number of hydrogen-bond acceptors (Lipinski definition) is 3. The standard InChI is InChI=1S/C11H13N3O/c12-11-9-3-1-2-4-10(9)14(13-11)8-5-6-15-7-8/h1-4,8H,5-7H2,(H2,12,13). The second kappa shape index (κ2) is 3.24. The van der Waals surface area contributed by atoms with Crippen molar-refractivity contribution in [2.75, 3.05) is 18.9 Å². The first-order chi connectivity index (χ1) is 7.36. The minimum absolute atomic E-state index is 0.340. The quantitative estimate of drug-likeness (QED) is 0.765. The summed E-state index contributed by atoms with van der Waals surface area (Å²) in [4.78, 5) is 0. The van der Waals surface area contributed by atoms with Crippen molar-refractivity contribution in [2.24, 2.45) is 0 Å². The largest absolute Gasteiger partial charge is 0.382 e. The number of para-hydroxylation sites is 1. The van der Waals surface area contributed by atoms with Gasteiger partial charge in [-0.1, -0.05) is 12.1 Å². The average Bonchev–Trinajstić information content (AvgIpc) is 2.87. The van der Waals surface area contributed by atoms with Crippen LogP contribution in [-0.4, -0.2) is 23.0 Å². The molecule has 2 aromatic rings. The van der Waals surface area contributed by atoms with Crippen LogP contribution in [0, 0.1) is 0 Å². The fraction of sp³-hybridized carbons (Fsp3) is 0.364. The van der Waals surface area contributed by atoms with Crippen LogP contribution in [0.5, 0.6) is 0 Å². The van der Waals surface area contributed by atoms with Crippen LogP contribution in [0.4, 0.5) is 5.82 Å². The van der Waals surface area contributed by atoms with Crippen molar-refractivity contribution in [2.45, 2.75) is 12.5 Å². The SMILES string of the molecule is Nc1nn(C2CCOC2)c2ccccc12. The van der Waals surface area contributed by atoms with Gasteiger partial charge in [0.05, 0.1) is 18.2 Å². The number of hydrogen-bond donors (Lipinski definition) is 1. The molecule has 1 aliphatic rings. The fourth-order valence-electron chi connectivity index (χ4n) is 2.11. The highest BCUT2D eigenvalue weighted by Gasteiger charge is 2.21. The van der Waals surface area contributed by atoms with Gasteiger partial charge in [0.25, 0.3) is 0 Å². The maximum absolute atomic E-state index is 5.87. The first kappa shape index (κ1) is 8.73. The molecule has 1 aromatic heterocycles. The van der Waals surface area contributed by atoms with Crippen molar-refractivity contribution in [1.29, 1.82) is 0 Å². The first-order valence-corrected chi connectivity index (χ1v) is 5.17. The minimum Gasteiger partial charge on any atom is -0.382 e. The zero-order chi connectivity index (χ0) is 10.3. The predicted octanol–water partition coefficient (Wildman–Crippen LogP) is 1.58. The molecule has 1 unspecified atom stereocenters. The number of nitrogens with zero attached hydrogens (tertiary/aromatic N) is 2. The van der Waals surface area contributed by atoms with E-state index in [9.17, 15) is 0 Å². The Bertz CT molecular complexity index is 486. The van der Waals surface area contributed by atoms with E-state index in [1.54, 1.807) is 0 Å². The molecule has 0 bridgehead atoms. The molecule has 2 N–H and O–H groups in total. The molecule has 1 aromatic carbocycles. The third-order valence-corrected chi connectivity index (χ3v) is 2.89. The van der Waals surface area contributed by atoms with Gasteiger partial charge in [0.15, 0.2) is 5.82 Å². The zero-order valence-corrected chi connectivity index (χ0v) is 8.39. The Labute approximate surface area is 87.6 Å². The molecule has 4 nitrogen and oxygen atoms in total. The number of aromatic nitrogens is 2. The number of anilines is 1. The summed E-state index contributed by atoms with van der Waals surface area (Å²) < 4.78 is 7.37. The van der Waals surface area contributed by atoms with Gasteiger partial charge in [-0.05, 0) is 18.6 Å². The summed E-state index contributed by atoms with van der Waals surface area (Å²) in [7, 11) is 0. The lowest BCUT2D eigenvalue weighted by Gasteiger charge is -2.08. The number of ether oxygens (including phenoxy) is 1. The second-order valence-corrected chi connectivity index (χ2v) is 3.86. The third-order valence-electron chi connectivity index (χ3n) is 2.89. The molecule has 0 spiro atoms. The highest BCUT2D eigenvalue weighted by Crippen LogP contribution is 2.26. The van der Waals surface area contributed by atoms with Crippen LogP contribution in [0.2, 0.25) is 0 Å². The number of fused-ring (bicyclic) bond motifs is 1. The highest BCUT2D eigenvalue weighted by atomic mass is 16.5. The zero-order valence-electron chi connectivity index (χ0n) is 8.39. The van der Waals surface area contributed by atoms with Crippen LogP contribution < -0.4 is 5.73 Å². The Balaban J connectivity index is 2.17. The molecule has 2 heterocycles. The molecule has 1 atom stereocenters. The van der Waals surface area contributed by atoms with Crippen molar-refractivity contribution < 1.29 is 4.74 Å². The summed E-state index contributed by atoms with van der Waals surface area (Å²) >= 11 is 0. The molecule has 15 heavy (non-hydrogen) atoms. The molecule has 0 aliphatic carbocycles. The van der Waals surface area contributed by atoms with Crippen LogP contribution in [0.3, 0.4) is 0 Å². The lowest BCUT2D eigenvalue weighted by molar-refractivity contribution is 0.185. The molecular formula is C11H13N3O. The summed E-state index contributed by atoms with van der Waals surface area (Å²) in [5.41, 5.74) is 6.97. The highest BCUT2D eigenvalue weighted by molar-refractivity contribution is 5.89. The first-order valence-electron chi connectivity index (χ1n) is 5.17. The molecule has 3 rings (SSSR count). The molecule has 1 aliphatic heterocycles. The maximum Gasteiger partial charge on any atom is 0.153 e. The smallest absolute Gasteiger partial charge is 0.153 e. The number of nitrogen functional groups attached to an aromatic ring is 1. The van der Waals surface area contributed by atoms with Gasteiger partial charge < -0.3 is 10.5 Å². The molecule has 4 heteroatoms. The topological polar surface area (TPSA) is 53.1 Å². The van der Waals surface area contributed by atoms with E-state index in [0.29, 0.717) is 11.9 Å². The lowest BCUT2D eigenvalue weighted by Crippen LogP contribution is -2.10. The number of nitrogens with two attached hydrogens (primary N) is 1. The molecule has 0 amide bonds. The normalized spacial score (nSPS) is 21.2. The summed E-state index contributed by atoms with van der Waals surface area (Å²) in [6.45, 7) is 1.56. The Morgan fingerprint density at radius 3 is 3.07 bits per heavy atom. The van der Waals surface area contributed by atoms with Crippen molar-refractivity contribution >= 4 is 16.7 Å². The van der Waals surface area contributed by atoms with Gasteiger partial charge in [0.2, 0.25) is 0 Å². The minimum atomic E-state index is 0.340. The molecule has 1 saturated heterocycles. The van der Waals surface area contributed by atoms with E-state index in [0.717, 1.165) is 30.5 Å². The Morgan fingerprint density at radius 2 is 2.27 bits per heavy atom. The summed E-state index contributed by atoms with van der Waals surface area (Å²) in [5, 5.41) is 5.42. The maximum atomic E-state index is 5.87. The van der Waals surface area contributed by atoms with Crippen LogP contribution >= 0.6 is 0 Å². The summed E-state index contributed by atoms with van der Waals surface area (Å²) in [6.07, 6.45) is 1.02. The predicted molar refractivity (Wildman–Crippen MR) is 58.6 cm³/mol. The van der Waals surface area contributed by atoms with Crippen molar-refractivity contribution in [3.8, 4) is 0 Å². The van der Waals surface area contributed by atoms with Crippen LogP contribution in [0.25, 0.3) is 10.9 Å². The van der Waals surface area contributed by atoms with E-state index in [4.69, 9.17) is 10.5 Å². The van der Waals surface area contributed by atoms with Crippen LogP contribution in [0.15, 0.2) is 24.3 Å². The monoisotopic (exact) mass is 203 g/mol. The van der Waals surface area contributed by atoms with Gasteiger partial charge in [-0.2, -0.15) is 5.10 Å². The van der Waals surface area contributed by atoms with Gasteiger partial charge >= 0.3 is 0 Å². The van der Waals surface area contributed by atoms with Crippen molar-refractivity contribution in [3.63, 3.8) is 0 Å². The van der Waals surface area contributed by atoms with Gasteiger partial charge in [0, 0.05) is 12.0 Å². The Hall–Kier alpha value is -1.55. The second-order valence-electron chi connectivity index (χ2n) is 3.86. The van der Waals surface area contributed by atoms with Gasteiger partial charge in [0.1, 0.15) is 0 Å². The van der Waals surface area contributed by atoms with Crippen molar-refractivity contribution in [3.05, 3.63) is 24.3 Å². The summed E-state index contributed by atoms with van der Waals surface area (Å²) in [6, 6.07) is 8.39. The Morgan fingerprint density at radius 1 is 1.40 bits per heavy atom. The molecule has 0 saturated carbocycles. The Kier molecular flexibility index (Phi) is 1.89. The van der Waals surface area contributed by atoms with E-state index in [-0.39, 0.29) is 0 Å². The van der Waals surface area contributed by atoms with E-state index >= 15 is 0 Å².